The van der Waals surface area contributed by atoms with Crippen LogP contribution in [0.4, 0.5) is 5.82 Å². The molecule has 1 aromatic heterocycles. The Bertz CT molecular complexity index is 509. The molecule has 4 nitrogen and oxygen atoms in total. The number of hydrogen-bond acceptors (Lipinski definition) is 4. The van der Waals surface area contributed by atoms with Gasteiger partial charge in [-0.1, -0.05) is 12.1 Å². The highest BCUT2D eigenvalue weighted by atomic mass is 16.5. The molecule has 3 rings (SSSR count). The minimum absolute atomic E-state index is 0.322. The molecule has 1 saturated heterocycles. The average Bonchev–Trinajstić information content (AvgIpc) is 2.89. The maximum atomic E-state index is 5.55. The summed E-state index contributed by atoms with van der Waals surface area (Å²) in [7, 11) is 0. The smallest absolute Gasteiger partial charge is 0.145 e. The van der Waals surface area contributed by atoms with Crippen LogP contribution in [0.5, 0.6) is 0 Å². The van der Waals surface area contributed by atoms with Crippen LogP contribution in [0.1, 0.15) is 12.8 Å². The number of nitrogens with one attached hydrogen (secondary N) is 1. The summed E-state index contributed by atoms with van der Waals surface area (Å²) in [5.41, 5.74) is 1.85. The summed E-state index contributed by atoms with van der Waals surface area (Å²) >= 11 is 0. The number of benzene rings is 1. The molecule has 1 fully saturated rings. The van der Waals surface area contributed by atoms with Crippen molar-refractivity contribution in [2.75, 3.05) is 18.5 Å². The van der Waals surface area contributed by atoms with Gasteiger partial charge < -0.3 is 10.1 Å². The minimum Gasteiger partial charge on any atom is -0.376 e. The first-order valence-electron chi connectivity index (χ1n) is 5.99. The van der Waals surface area contributed by atoms with Gasteiger partial charge in [-0.2, -0.15) is 0 Å². The number of rotatable bonds is 3. The molecule has 0 spiro atoms. The van der Waals surface area contributed by atoms with Gasteiger partial charge in [-0.15, -0.1) is 0 Å². The third kappa shape index (κ3) is 2.36. The number of anilines is 1. The summed E-state index contributed by atoms with van der Waals surface area (Å²) in [5.74, 6) is 0.819. The van der Waals surface area contributed by atoms with Crippen molar-refractivity contribution in [1.82, 2.24) is 9.97 Å². The predicted molar refractivity (Wildman–Crippen MR) is 67.0 cm³/mol. The van der Waals surface area contributed by atoms with Crippen LogP contribution >= 0.6 is 0 Å². The van der Waals surface area contributed by atoms with E-state index in [4.69, 9.17) is 4.74 Å². The lowest BCUT2D eigenvalue weighted by atomic mass is 10.2. The van der Waals surface area contributed by atoms with Crippen molar-refractivity contribution in [2.45, 2.75) is 18.9 Å². The highest BCUT2D eigenvalue weighted by molar-refractivity contribution is 5.75. The van der Waals surface area contributed by atoms with Crippen molar-refractivity contribution in [3.63, 3.8) is 0 Å². The second-order valence-electron chi connectivity index (χ2n) is 4.26. The predicted octanol–water partition coefficient (Wildman–Crippen LogP) is 2.22. The van der Waals surface area contributed by atoms with Crippen molar-refractivity contribution in [2.24, 2.45) is 0 Å². The number of para-hydroxylation sites is 2. The van der Waals surface area contributed by atoms with Crippen LogP contribution in [0.25, 0.3) is 11.0 Å². The molecular formula is C13H15N3O. The minimum atomic E-state index is 0.322. The molecule has 0 amide bonds. The highest BCUT2D eigenvalue weighted by Crippen LogP contribution is 2.14. The fourth-order valence-corrected chi connectivity index (χ4v) is 2.07. The number of ether oxygens (including phenoxy) is 1. The van der Waals surface area contributed by atoms with Crippen molar-refractivity contribution in [3.8, 4) is 0 Å². The number of fused-ring (bicyclic) bond motifs is 1. The van der Waals surface area contributed by atoms with Gasteiger partial charge in [-0.3, -0.25) is 4.98 Å². The molecular weight excluding hydrogens is 214 g/mol. The van der Waals surface area contributed by atoms with Crippen LogP contribution < -0.4 is 5.32 Å². The monoisotopic (exact) mass is 229 g/mol. The molecule has 4 heteroatoms. The van der Waals surface area contributed by atoms with E-state index in [-0.39, 0.29) is 0 Å². The summed E-state index contributed by atoms with van der Waals surface area (Å²) in [4.78, 5) is 8.87. The lowest BCUT2D eigenvalue weighted by Gasteiger charge is -2.11. The number of nitrogens with zero attached hydrogens (tertiary/aromatic N) is 2. The van der Waals surface area contributed by atoms with Gasteiger partial charge in [-0.05, 0) is 25.0 Å². The zero-order valence-electron chi connectivity index (χ0n) is 9.60. The summed E-state index contributed by atoms with van der Waals surface area (Å²) in [6, 6.07) is 7.88. The molecule has 88 valence electrons. The third-order valence-electron chi connectivity index (χ3n) is 2.98. The van der Waals surface area contributed by atoms with Crippen molar-refractivity contribution in [1.29, 1.82) is 0 Å². The van der Waals surface area contributed by atoms with Gasteiger partial charge in [0, 0.05) is 13.2 Å². The van der Waals surface area contributed by atoms with Gasteiger partial charge in [0.05, 0.1) is 23.3 Å². The van der Waals surface area contributed by atoms with Crippen molar-refractivity contribution < 1.29 is 4.74 Å². The molecule has 1 aromatic carbocycles. The quantitative estimate of drug-likeness (QED) is 0.876. The Balaban J connectivity index is 1.72. The topological polar surface area (TPSA) is 47.0 Å². The van der Waals surface area contributed by atoms with E-state index in [1.807, 2.05) is 24.3 Å². The van der Waals surface area contributed by atoms with Gasteiger partial charge in [0.15, 0.2) is 0 Å². The van der Waals surface area contributed by atoms with Crippen LogP contribution in [0.15, 0.2) is 30.5 Å². The van der Waals surface area contributed by atoms with Gasteiger partial charge in [0.1, 0.15) is 5.82 Å². The second-order valence-corrected chi connectivity index (χ2v) is 4.26. The van der Waals surface area contributed by atoms with E-state index >= 15 is 0 Å². The Morgan fingerprint density at radius 1 is 1.29 bits per heavy atom. The molecule has 0 saturated carbocycles. The Morgan fingerprint density at radius 2 is 2.18 bits per heavy atom. The van der Waals surface area contributed by atoms with Crippen molar-refractivity contribution >= 4 is 16.9 Å². The van der Waals surface area contributed by atoms with Gasteiger partial charge in [0.25, 0.3) is 0 Å². The zero-order valence-corrected chi connectivity index (χ0v) is 9.60. The highest BCUT2D eigenvalue weighted by Gasteiger charge is 2.14. The molecule has 17 heavy (non-hydrogen) atoms. The van der Waals surface area contributed by atoms with Crippen LogP contribution in [0.2, 0.25) is 0 Å². The zero-order chi connectivity index (χ0) is 11.5. The standard InChI is InChI=1S/C13H15N3O/c1-2-6-12-11(5-1)14-9-13(16-12)15-8-10-4-3-7-17-10/h1-2,5-6,9-10H,3-4,7-8H2,(H,15,16). The summed E-state index contributed by atoms with van der Waals surface area (Å²) in [6.07, 6.45) is 4.39. The van der Waals surface area contributed by atoms with E-state index in [1.165, 1.54) is 0 Å². The molecule has 2 heterocycles. The SMILES string of the molecule is c1ccc2nc(NCC3CCCO3)cnc2c1. The fraction of sp³-hybridized carbons (Fsp3) is 0.385. The third-order valence-corrected chi connectivity index (χ3v) is 2.98. The Kier molecular flexibility index (Phi) is 2.88. The fourth-order valence-electron chi connectivity index (χ4n) is 2.07. The van der Waals surface area contributed by atoms with E-state index in [0.717, 1.165) is 42.8 Å². The first-order chi connectivity index (χ1) is 8.42. The average molecular weight is 229 g/mol. The van der Waals surface area contributed by atoms with Crippen LogP contribution in [0.3, 0.4) is 0 Å². The lowest BCUT2D eigenvalue weighted by Crippen LogP contribution is -2.19. The summed E-state index contributed by atoms with van der Waals surface area (Å²) in [6.45, 7) is 1.70. The van der Waals surface area contributed by atoms with E-state index < -0.39 is 0 Å². The van der Waals surface area contributed by atoms with Gasteiger partial charge >= 0.3 is 0 Å². The molecule has 1 atom stereocenters. The van der Waals surface area contributed by atoms with E-state index in [1.54, 1.807) is 6.20 Å². The number of aromatic nitrogens is 2. The lowest BCUT2D eigenvalue weighted by molar-refractivity contribution is 0.120. The maximum absolute atomic E-state index is 5.55. The summed E-state index contributed by atoms with van der Waals surface area (Å²) < 4.78 is 5.55. The van der Waals surface area contributed by atoms with E-state index in [2.05, 4.69) is 15.3 Å². The first kappa shape index (κ1) is 10.5. The molecule has 2 aromatic rings. The molecule has 0 bridgehead atoms. The Morgan fingerprint density at radius 3 is 3.00 bits per heavy atom. The molecule has 1 N–H and O–H groups in total. The van der Waals surface area contributed by atoms with Crippen LogP contribution in [-0.2, 0) is 4.74 Å². The molecule has 1 unspecified atom stereocenters. The second kappa shape index (κ2) is 4.67. The van der Waals surface area contributed by atoms with Gasteiger partial charge in [0.2, 0.25) is 0 Å². The maximum Gasteiger partial charge on any atom is 0.145 e. The largest absolute Gasteiger partial charge is 0.376 e. The first-order valence-corrected chi connectivity index (χ1v) is 5.99. The molecule has 0 radical (unpaired) electrons. The normalized spacial score (nSPS) is 19.6. The van der Waals surface area contributed by atoms with E-state index in [0.29, 0.717) is 6.10 Å². The molecule has 0 aliphatic carbocycles. The molecule has 1 aliphatic heterocycles. The van der Waals surface area contributed by atoms with Gasteiger partial charge in [-0.25, -0.2) is 4.98 Å². The van der Waals surface area contributed by atoms with E-state index in [9.17, 15) is 0 Å². The van der Waals surface area contributed by atoms with Crippen LogP contribution in [-0.4, -0.2) is 29.2 Å². The van der Waals surface area contributed by atoms with Crippen molar-refractivity contribution in [3.05, 3.63) is 30.5 Å². The molecule has 1 aliphatic rings. The van der Waals surface area contributed by atoms with Crippen LogP contribution in [0, 0.1) is 0 Å². The Labute approximate surface area is 100 Å². The Hall–Kier alpha value is -1.68. The summed E-state index contributed by atoms with van der Waals surface area (Å²) in [5, 5.41) is 3.28. The number of hydrogen-bond donors (Lipinski definition) is 1.